The number of amides is 2. The van der Waals surface area contributed by atoms with Crippen LogP contribution in [0, 0.1) is 18.8 Å². The van der Waals surface area contributed by atoms with Crippen LogP contribution >= 0.6 is 11.9 Å². The van der Waals surface area contributed by atoms with Crippen LogP contribution in [0.15, 0.2) is 23.2 Å². The lowest BCUT2D eigenvalue weighted by atomic mass is 9.82. The van der Waals surface area contributed by atoms with Gasteiger partial charge in [-0.05, 0) is 81.0 Å². The van der Waals surface area contributed by atoms with E-state index >= 15 is 0 Å². The number of carbonyl (C=O) groups is 2. The standard InChI is InChI=1S/C27H37F3N4O3S/c1-18-15-23(31-19(2)35)8-7-21(18)9-14-38-34-12-10-26(11-13-34)25(36)32-24(33-26)22-5-3-20(4-6-22)16-37-17-27(28,29)30/h7-8,15,20,22H,3-6,9-14,16-17H2,1-2H3,(H,31,35)(H,32,33,36). The van der Waals surface area contributed by atoms with Crippen LogP contribution in [-0.2, 0) is 20.7 Å². The third-order valence-corrected chi connectivity index (χ3v) is 8.83. The van der Waals surface area contributed by atoms with Gasteiger partial charge in [0.1, 0.15) is 18.0 Å². The first-order valence-corrected chi connectivity index (χ1v) is 14.3. The third-order valence-electron chi connectivity index (χ3n) is 7.71. The zero-order chi connectivity index (χ0) is 27.3. The molecule has 1 aromatic rings. The second-order valence-corrected chi connectivity index (χ2v) is 11.8. The Labute approximate surface area is 226 Å². The summed E-state index contributed by atoms with van der Waals surface area (Å²) in [7, 11) is 0. The molecular formula is C27H37F3N4O3S. The average molecular weight is 555 g/mol. The maximum Gasteiger partial charge on any atom is 0.411 e. The number of benzene rings is 1. The zero-order valence-electron chi connectivity index (χ0n) is 22.0. The van der Waals surface area contributed by atoms with Crippen molar-refractivity contribution in [1.82, 2.24) is 9.62 Å². The minimum Gasteiger partial charge on any atom is -0.372 e. The number of hydrogen-bond donors (Lipinski definition) is 2. The van der Waals surface area contributed by atoms with E-state index in [9.17, 15) is 22.8 Å². The van der Waals surface area contributed by atoms with E-state index in [0.29, 0.717) is 12.8 Å². The fourth-order valence-corrected chi connectivity index (χ4v) is 6.56. The second kappa shape index (κ2) is 12.4. The lowest BCUT2D eigenvalue weighted by molar-refractivity contribution is -0.177. The number of ether oxygens (including phenoxy) is 1. The fourth-order valence-electron chi connectivity index (χ4n) is 5.55. The molecule has 0 unspecified atom stereocenters. The van der Waals surface area contributed by atoms with Crippen molar-refractivity contribution >= 4 is 35.3 Å². The summed E-state index contributed by atoms with van der Waals surface area (Å²) >= 11 is 1.80. The normalized spacial score (nSPS) is 23.8. The Bertz CT molecular complexity index is 1030. The lowest BCUT2D eigenvalue weighted by Crippen LogP contribution is -2.47. The largest absolute Gasteiger partial charge is 0.411 e. The van der Waals surface area contributed by atoms with Crippen molar-refractivity contribution in [3.05, 3.63) is 29.3 Å². The van der Waals surface area contributed by atoms with Gasteiger partial charge in [0.25, 0.3) is 5.91 Å². The van der Waals surface area contributed by atoms with E-state index in [0.717, 1.165) is 68.0 Å². The third kappa shape index (κ3) is 7.72. The molecule has 1 aromatic carbocycles. The molecule has 0 radical (unpaired) electrons. The number of aliphatic imine (C=N–C) groups is 1. The van der Waals surface area contributed by atoms with Gasteiger partial charge in [-0.15, -0.1) is 0 Å². The number of halogens is 3. The first-order chi connectivity index (χ1) is 18.0. The highest BCUT2D eigenvalue weighted by atomic mass is 32.2. The van der Waals surface area contributed by atoms with Crippen LogP contribution in [0.4, 0.5) is 18.9 Å². The van der Waals surface area contributed by atoms with Crippen molar-refractivity contribution in [2.75, 3.05) is 37.4 Å². The quantitative estimate of drug-likeness (QED) is 0.425. The summed E-state index contributed by atoms with van der Waals surface area (Å²) in [5, 5.41) is 5.85. The molecule has 38 heavy (non-hydrogen) atoms. The van der Waals surface area contributed by atoms with E-state index in [-0.39, 0.29) is 30.3 Å². The van der Waals surface area contributed by atoms with E-state index in [1.54, 1.807) is 11.9 Å². The van der Waals surface area contributed by atoms with Gasteiger partial charge in [-0.3, -0.25) is 18.9 Å². The predicted octanol–water partition coefficient (Wildman–Crippen LogP) is 4.89. The first-order valence-electron chi connectivity index (χ1n) is 13.3. The highest BCUT2D eigenvalue weighted by Crippen LogP contribution is 2.37. The molecule has 2 amide bonds. The highest BCUT2D eigenvalue weighted by molar-refractivity contribution is 7.97. The number of aryl methyl sites for hydroxylation is 2. The Hall–Kier alpha value is -2.11. The molecule has 1 saturated carbocycles. The fraction of sp³-hybridized carbons (Fsp3) is 0.667. The molecule has 7 nitrogen and oxygen atoms in total. The van der Waals surface area contributed by atoms with Crippen LogP contribution in [0.2, 0.25) is 0 Å². The summed E-state index contributed by atoms with van der Waals surface area (Å²) in [5.41, 5.74) is 2.54. The second-order valence-electron chi connectivity index (χ2n) is 10.7. The molecular weight excluding hydrogens is 517 g/mol. The van der Waals surface area contributed by atoms with Crippen molar-refractivity contribution in [1.29, 1.82) is 0 Å². The summed E-state index contributed by atoms with van der Waals surface area (Å²) in [6.45, 7) is 4.07. The molecule has 11 heteroatoms. The molecule has 4 rings (SSSR count). The number of carbonyl (C=O) groups excluding carboxylic acids is 2. The van der Waals surface area contributed by atoms with Crippen molar-refractivity contribution in [2.45, 2.75) is 70.5 Å². The Morgan fingerprint density at radius 2 is 1.95 bits per heavy atom. The molecule has 1 spiro atoms. The summed E-state index contributed by atoms with van der Waals surface area (Å²) in [6, 6.07) is 5.99. The molecule has 3 aliphatic rings. The number of anilines is 1. The highest BCUT2D eigenvalue weighted by Gasteiger charge is 2.47. The van der Waals surface area contributed by atoms with E-state index in [2.05, 4.69) is 27.9 Å². The van der Waals surface area contributed by atoms with Crippen LogP contribution in [0.3, 0.4) is 0 Å². The van der Waals surface area contributed by atoms with Crippen molar-refractivity contribution in [3.63, 3.8) is 0 Å². The SMILES string of the molecule is CC(=O)Nc1ccc(CCSN2CCC3(CC2)N=C(C2CCC(COCC(F)(F)F)CC2)NC3=O)c(C)c1. The molecule has 1 saturated heterocycles. The van der Waals surface area contributed by atoms with Gasteiger partial charge in [0.15, 0.2) is 0 Å². The molecule has 2 N–H and O–H groups in total. The molecule has 210 valence electrons. The molecule has 2 heterocycles. The van der Waals surface area contributed by atoms with Crippen molar-refractivity contribution in [2.24, 2.45) is 16.8 Å². The zero-order valence-corrected chi connectivity index (χ0v) is 22.8. The topological polar surface area (TPSA) is 83.0 Å². The maximum absolute atomic E-state index is 12.9. The summed E-state index contributed by atoms with van der Waals surface area (Å²) < 4.78 is 44.1. The van der Waals surface area contributed by atoms with E-state index < -0.39 is 18.3 Å². The average Bonchev–Trinajstić information content (AvgIpc) is 3.16. The number of amidine groups is 1. The number of rotatable bonds is 9. The summed E-state index contributed by atoms with van der Waals surface area (Å²) in [6.07, 6.45) is 1.18. The van der Waals surface area contributed by atoms with Gasteiger partial charge >= 0.3 is 6.18 Å². The summed E-state index contributed by atoms with van der Waals surface area (Å²) in [4.78, 5) is 29.1. The monoisotopic (exact) mass is 554 g/mol. The Morgan fingerprint density at radius 1 is 1.24 bits per heavy atom. The number of nitrogens with one attached hydrogen (secondary N) is 2. The minimum absolute atomic E-state index is 0.0114. The van der Waals surface area contributed by atoms with Crippen molar-refractivity contribution in [3.8, 4) is 0 Å². The minimum atomic E-state index is -4.29. The van der Waals surface area contributed by atoms with Crippen LogP contribution in [0.25, 0.3) is 0 Å². The molecule has 0 atom stereocenters. The Balaban J connectivity index is 1.20. The molecule has 0 bridgehead atoms. The predicted molar refractivity (Wildman–Crippen MR) is 143 cm³/mol. The van der Waals surface area contributed by atoms with E-state index in [1.807, 2.05) is 12.1 Å². The molecule has 1 aliphatic carbocycles. The van der Waals surface area contributed by atoms with Gasteiger partial charge in [0.2, 0.25) is 5.91 Å². The van der Waals surface area contributed by atoms with Gasteiger partial charge in [-0.1, -0.05) is 18.0 Å². The first kappa shape index (κ1) is 28.9. The van der Waals surface area contributed by atoms with Crippen LogP contribution in [0.1, 0.15) is 56.6 Å². The number of nitrogens with zero attached hydrogens (tertiary/aromatic N) is 2. The molecule has 2 aliphatic heterocycles. The maximum atomic E-state index is 12.9. The number of piperidine rings is 1. The van der Waals surface area contributed by atoms with Crippen LogP contribution < -0.4 is 10.6 Å². The van der Waals surface area contributed by atoms with Gasteiger partial charge < -0.3 is 15.4 Å². The van der Waals surface area contributed by atoms with Gasteiger partial charge in [-0.25, -0.2) is 0 Å². The van der Waals surface area contributed by atoms with Crippen molar-refractivity contribution < 1.29 is 27.5 Å². The van der Waals surface area contributed by atoms with Crippen LogP contribution in [-0.4, -0.2) is 65.7 Å². The van der Waals surface area contributed by atoms with E-state index in [4.69, 9.17) is 9.73 Å². The molecule has 2 fully saturated rings. The molecule has 0 aromatic heterocycles. The lowest BCUT2D eigenvalue weighted by Gasteiger charge is -2.34. The summed E-state index contributed by atoms with van der Waals surface area (Å²) in [5.74, 6) is 1.89. The Morgan fingerprint density at radius 3 is 2.58 bits per heavy atom. The Kier molecular flexibility index (Phi) is 9.41. The van der Waals surface area contributed by atoms with Gasteiger partial charge in [0, 0.05) is 44.0 Å². The van der Waals surface area contributed by atoms with Gasteiger partial charge in [0.05, 0.1) is 0 Å². The van der Waals surface area contributed by atoms with E-state index in [1.165, 1.54) is 12.5 Å². The smallest absolute Gasteiger partial charge is 0.372 e. The number of hydrogen-bond acceptors (Lipinski definition) is 6. The van der Waals surface area contributed by atoms with Crippen LogP contribution in [0.5, 0.6) is 0 Å². The number of alkyl halides is 3. The van der Waals surface area contributed by atoms with Gasteiger partial charge in [-0.2, -0.15) is 13.2 Å².